The van der Waals surface area contributed by atoms with Crippen LogP contribution < -0.4 is 0 Å². The highest BCUT2D eigenvalue weighted by Crippen LogP contribution is 2.17. The van der Waals surface area contributed by atoms with Crippen LogP contribution in [0.2, 0.25) is 0 Å². The molecule has 1 fully saturated rings. The van der Waals surface area contributed by atoms with Gasteiger partial charge in [0.15, 0.2) is 0 Å². The number of carbonyl (C=O) groups is 3. The number of ether oxygens (including phenoxy) is 1. The van der Waals surface area contributed by atoms with E-state index < -0.39 is 5.97 Å². The number of hydrogen-bond donors (Lipinski definition) is 1. The number of carbonyl (C=O) groups excluding carboxylic acids is 2. The van der Waals surface area contributed by atoms with Gasteiger partial charge in [-0.1, -0.05) is 0 Å². The molecule has 1 aliphatic rings. The lowest BCUT2D eigenvalue weighted by Crippen LogP contribution is -2.45. The third-order valence-electron chi connectivity index (χ3n) is 4.16. The maximum atomic E-state index is 12.1. The van der Waals surface area contributed by atoms with E-state index in [9.17, 15) is 14.4 Å². The molecule has 0 aromatic rings. The monoisotopic (exact) mass is 314 g/mol. The van der Waals surface area contributed by atoms with Gasteiger partial charge in [-0.2, -0.15) is 0 Å². The van der Waals surface area contributed by atoms with Gasteiger partial charge in [-0.05, 0) is 26.2 Å². The summed E-state index contributed by atoms with van der Waals surface area (Å²) in [6, 6.07) is 0. The van der Waals surface area contributed by atoms with Crippen molar-refractivity contribution in [3.05, 3.63) is 0 Å². The third-order valence-corrected chi connectivity index (χ3v) is 4.16. The molecule has 1 aliphatic heterocycles. The molecule has 2 amide bonds. The second-order valence-electron chi connectivity index (χ2n) is 5.83. The molecule has 22 heavy (non-hydrogen) atoms. The molecule has 7 heteroatoms. The number of carboxylic acids is 1. The van der Waals surface area contributed by atoms with E-state index in [1.165, 1.54) is 4.90 Å². The minimum atomic E-state index is -0.799. The quantitative estimate of drug-likeness (QED) is 0.743. The molecule has 0 aromatic carbocycles. The molecule has 1 heterocycles. The molecule has 1 saturated heterocycles. The van der Waals surface area contributed by atoms with Crippen molar-refractivity contribution in [1.82, 2.24) is 9.80 Å². The third kappa shape index (κ3) is 5.63. The molecule has 0 aliphatic carbocycles. The first kappa shape index (κ1) is 18.4. The van der Waals surface area contributed by atoms with E-state index in [2.05, 4.69) is 0 Å². The number of aliphatic carboxylic acids is 1. The topological polar surface area (TPSA) is 87.2 Å². The first-order valence-corrected chi connectivity index (χ1v) is 7.62. The Balaban J connectivity index is 2.35. The molecule has 7 nitrogen and oxygen atoms in total. The number of nitrogens with zero attached hydrogens (tertiary/aromatic N) is 2. The summed E-state index contributed by atoms with van der Waals surface area (Å²) < 4.78 is 5.09. The van der Waals surface area contributed by atoms with Gasteiger partial charge in [-0.3, -0.25) is 14.4 Å². The Labute approximate surface area is 131 Å². The zero-order valence-electron chi connectivity index (χ0n) is 13.6. The minimum Gasteiger partial charge on any atom is -0.481 e. The normalized spacial score (nSPS) is 17.1. The maximum absolute atomic E-state index is 12.1. The molecule has 0 aromatic heterocycles. The molecule has 1 N–H and O–H groups in total. The van der Waals surface area contributed by atoms with E-state index in [0.717, 1.165) is 0 Å². The van der Waals surface area contributed by atoms with E-state index in [1.807, 2.05) is 6.92 Å². The van der Waals surface area contributed by atoms with Crippen LogP contribution >= 0.6 is 0 Å². The number of methoxy groups -OCH3 is 1. The van der Waals surface area contributed by atoms with Crippen LogP contribution in [0.4, 0.5) is 0 Å². The van der Waals surface area contributed by atoms with Crippen LogP contribution in [-0.2, 0) is 19.1 Å². The van der Waals surface area contributed by atoms with Crippen molar-refractivity contribution in [2.24, 2.45) is 5.92 Å². The fourth-order valence-corrected chi connectivity index (χ4v) is 2.40. The second-order valence-corrected chi connectivity index (χ2v) is 5.83. The van der Waals surface area contributed by atoms with E-state index >= 15 is 0 Å². The Morgan fingerprint density at radius 1 is 1.32 bits per heavy atom. The highest BCUT2D eigenvalue weighted by atomic mass is 16.5. The van der Waals surface area contributed by atoms with E-state index in [0.29, 0.717) is 38.8 Å². The lowest BCUT2D eigenvalue weighted by Gasteiger charge is -2.31. The Kier molecular flexibility index (Phi) is 7.31. The standard InChI is InChI=1S/C15H26N2O5/c1-11(22-3)4-5-13(18)16(2)10-14(19)17-8-6-12(7-9-17)15(20)21/h11-12H,4-10H2,1-3H3,(H,20,21). The molecule has 1 rings (SSSR count). The zero-order chi connectivity index (χ0) is 16.7. The van der Waals surface area contributed by atoms with E-state index in [1.54, 1.807) is 19.1 Å². The largest absolute Gasteiger partial charge is 0.481 e. The number of hydrogen-bond acceptors (Lipinski definition) is 4. The van der Waals surface area contributed by atoms with Crippen molar-refractivity contribution < 1.29 is 24.2 Å². The van der Waals surface area contributed by atoms with Gasteiger partial charge in [0, 0.05) is 33.7 Å². The number of amides is 2. The summed E-state index contributed by atoms with van der Waals surface area (Å²) in [5.41, 5.74) is 0. The first-order chi connectivity index (χ1) is 10.3. The van der Waals surface area contributed by atoms with Gasteiger partial charge in [0.2, 0.25) is 11.8 Å². The summed E-state index contributed by atoms with van der Waals surface area (Å²) in [7, 11) is 3.21. The number of likely N-dealkylation sites (tertiary alicyclic amines) is 1. The minimum absolute atomic E-state index is 0.0168. The predicted octanol–water partition coefficient (Wildman–Crippen LogP) is 0.583. The van der Waals surface area contributed by atoms with Gasteiger partial charge >= 0.3 is 5.97 Å². The smallest absolute Gasteiger partial charge is 0.306 e. The molecule has 0 saturated carbocycles. The van der Waals surface area contributed by atoms with Gasteiger partial charge in [0.1, 0.15) is 0 Å². The molecule has 1 unspecified atom stereocenters. The second kappa shape index (κ2) is 8.73. The molecule has 0 radical (unpaired) electrons. The van der Waals surface area contributed by atoms with Crippen molar-refractivity contribution >= 4 is 17.8 Å². The Hall–Kier alpha value is -1.63. The number of piperidine rings is 1. The summed E-state index contributed by atoms with van der Waals surface area (Å²) >= 11 is 0. The average Bonchev–Trinajstić information content (AvgIpc) is 2.51. The zero-order valence-corrected chi connectivity index (χ0v) is 13.6. The highest BCUT2D eigenvalue weighted by Gasteiger charge is 2.27. The van der Waals surface area contributed by atoms with Crippen LogP contribution in [0.1, 0.15) is 32.6 Å². The van der Waals surface area contributed by atoms with E-state index in [4.69, 9.17) is 9.84 Å². The Morgan fingerprint density at radius 2 is 1.91 bits per heavy atom. The van der Waals surface area contributed by atoms with Gasteiger partial charge < -0.3 is 19.6 Å². The van der Waals surface area contributed by atoms with Crippen molar-refractivity contribution in [3.8, 4) is 0 Å². The summed E-state index contributed by atoms with van der Waals surface area (Å²) in [4.78, 5) is 38.0. The molecule has 0 spiro atoms. The van der Waals surface area contributed by atoms with Crippen LogP contribution in [0.5, 0.6) is 0 Å². The van der Waals surface area contributed by atoms with Gasteiger partial charge in [-0.15, -0.1) is 0 Å². The van der Waals surface area contributed by atoms with Crippen molar-refractivity contribution in [2.75, 3.05) is 33.8 Å². The van der Waals surface area contributed by atoms with Gasteiger partial charge in [0.05, 0.1) is 18.6 Å². The number of carboxylic acid groups (broad SMARTS) is 1. The van der Waals surface area contributed by atoms with Crippen molar-refractivity contribution in [2.45, 2.75) is 38.7 Å². The van der Waals surface area contributed by atoms with Gasteiger partial charge in [-0.25, -0.2) is 0 Å². The van der Waals surface area contributed by atoms with Crippen LogP contribution in [0.25, 0.3) is 0 Å². The lowest BCUT2D eigenvalue weighted by molar-refractivity contribution is -0.146. The van der Waals surface area contributed by atoms with Crippen molar-refractivity contribution in [1.29, 1.82) is 0 Å². The number of likely N-dealkylation sites (N-methyl/N-ethyl adjacent to an activating group) is 1. The molecule has 0 bridgehead atoms. The summed E-state index contributed by atoms with van der Waals surface area (Å²) in [6.07, 6.45) is 1.94. The molecule has 126 valence electrons. The summed E-state index contributed by atoms with van der Waals surface area (Å²) in [5.74, 6) is -1.37. The van der Waals surface area contributed by atoms with Crippen LogP contribution in [-0.4, -0.2) is 72.6 Å². The maximum Gasteiger partial charge on any atom is 0.306 e. The van der Waals surface area contributed by atoms with Crippen LogP contribution in [0.15, 0.2) is 0 Å². The van der Waals surface area contributed by atoms with E-state index in [-0.39, 0.29) is 30.4 Å². The number of rotatable bonds is 7. The first-order valence-electron chi connectivity index (χ1n) is 7.62. The predicted molar refractivity (Wildman–Crippen MR) is 80.3 cm³/mol. The summed E-state index contributed by atoms with van der Waals surface area (Å²) in [5, 5.41) is 8.94. The Morgan fingerprint density at radius 3 is 2.41 bits per heavy atom. The SMILES string of the molecule is COC(C)CCC(=O)N(C)CC(=O)N1CCC(C(=O)O)CC1. The Bertz CT molecular complexity index is 405. The van der Waals surface area contributed by atoms with Crippen molar-refractivity contribution in [3.63, 3.8) is 0 Å². The molecule has 1 atom stereocenters. The van der Waals surface area contributed by atoms with Crippen LogP contribution in [0.3, 0.4) is 0 Å². The van der Waals surface area contributed by atoms with Crippen LogP contribution in [0, 0.1) is 5.92 Å². The van der Waals surface area contributed by atoms with Gasteiger partial charge in [0.25, 0.3) is 0 Å². The fourth-order valence-electron chi connectivity index (χ4n) is 2.40. The lowest BCUT2D eigenvalue weighted by atomic mass is 9.97. The summed E-state index contributed by atoms with van der Waals surface area (Å²) in [6.45, 7) is 2.82. The fraction of sp³-hybridized carbons (Fsp3) is 0.800. The molecular weight excluding hydrogens is 288 g/mol. The molecular formula is C15H26N2O5. The highest BCUT2D eigenvalue weighted by molar-refractivity contribution is 5.84. The average molecular weight is 314 g/mol.